The Balaban J connectivity index is 1.59. The minimum atomic E-state index is 0.331. The Morgan fingerprint density at radius 2 is 2.00 bits per heavy atom. The fourth-order valence-corrected chi connectivity index (χ4v) is 4.97. The van der Waals surface area contributed by atoms with Crippen molar-refractivity contribution in [2.24, 2.45) is 0 Å². The maximum atomic E-state index is 5.92. The van der Waals surface area contributed by atoms with Gasteiger partial charge in [-0.1, -0.05) is 46.3 Å². The zero-order chi connectivity index (χ0) is 18.8. The summed E-state index contributed by atoms with van der Waals surface area (Å²) in [5.41, 5.74) is 4.98. The van der Waals surface area contributed by atoms with E-state index < -0.39 is 0 Å². The van der Waals surface area contributed by atoms with Crippen LogP contribution < -0.4 is 0 Å². The molecule has 142 valence electrons. The predicted molar refractivity (Wildman–Crippen MR) is 118 cm³/mol. The molecular formula is C22H24Br2N2O. The van der Waals surface area contributed by atoms with E-state index in [2.05, 4.69) is 91.1 Å². The average molecular weight is 492 g/mol. The maximum Gasteiger partial charge on any atom is 0.0703 e. The van der Waals surface area contributed by atoms with E-state index in [1.807, 2.05) is 0 Å². The van der Waals surface area contributed by atoms with Gasteiger partial charge in [0, 0.05) is 51.8 Å². The summed E-state index contributed by atoms with van der Waals surface area (Å²) < 4.78 is 8.26. The Bertz CT molecular complexity index is 931. The van der Waals surface area contributed by atoms with E-state index in [4.69, 9.17) is 4.74 Å². The first-order valence-corrected chi connectivity index (χ1v) is 11.0. The fraction of sp³-hybridized carbons (Fsp3) is 0.364. The molecule has 0 spiro atoms. The summed E-state index contributed by atoms with van der Waals surface area (Å²) in [6.07, 6.45) is 2.65. The van der Waals surface area contributed by atoms with Gasteiger partial charge < -0.3 is 9.72 Å². The van der Waals surface area contributed by atoms with E-state index in [-0.39, 0.29) is 0 Å². The molecule has 1 unspecified atom stereocenters. The highest BCUT2D eigenvalue weighted by Crippen LogP contribution is 2.30. The molecule has 1 aliphatic rings. The van der Waals surface area contributed by atoms with Crippen LogP contribution in [-0.2, 0) is 17.8 Å². The van der Waals surface area contributed by atoms with Crippen LogP contribution >= 0.6 is 31.9 Å². The minimum absolute atomic E-state index is 0.331. The molecule has 3 aromatic rings. The number of hydrogen-bond acceptors (Lipinski definition) is 2. The topological polar surface area (TPSA) is 28.3 Å². The summed E-state index contributed by atoms with van der Waals surface area (Å²) in [4.78, 5) is 6.07. The van der Waals surface area contributed by atoms with Gasteiger partial charge in [0.05, 0.1) is 6.10 Å². The van der Waals surface area contributed by atoms with E-state index >= 15 is 0 Å². The molecule has 2 aromatic carbocycles. The maximum absolute atomic E-state index is 5.92. The molecule has 0 amide bonds. The Morgan fingerprint density at radius 1 is 1.15 bits per heavy atom. The lowest BCUT2D eigenvalue weighted by molar-refractivity contribution is 0.0674. The van der Waals surface area contributed by atoms with Crippen LogP contribution in [0.5, 0.6) is 0 Å². The second-order valence-corrected chi connectivity index (χ2v) is 9.01. The highest BCUT2D eigenvalue weighted by atomic mass is 79.9. The summed E-state index contributed by atoms with van der Waals surface area (Å²) in [5.74, 6) is 0. The number of aromatic nitrogens is 1. The van der Waals surface area contributed by atoms with E-state index in [0.29, 0.717) is 6.10 Å². The second-order valence-electron chi connectivity index (χ2n) is 7.36. The standard InChI is InChI=1S/C22H24Br2N2O/c1-15-8-9-16(19(23)11-15)12-26(13-17-5-4-10-27-17)14-21-22(24)18-6-2-3-7-20(18)25-21/h2-3,6-9,11,17,25H,4-5,10,12-14H2,1H3. The number of hydrogen-bond donors (Lipinski definition) is 1. The number of ether oxygens (including phenoxy) is 1. The van der Waals surface area contributed by atoms with Gasteiger partial charge >= 0.3 is 0 Å². The smallest absolute Gasteiger partial charge is 0.0703 e. The largest absolute Gasteiger partial charge is 0.377 e. The molecular weight excluding hydrogens is 468 g/mol. The average Bonchev–Trinajstić information content (AvgIpc) is 3.26. The predicted octanol–water partition coefficient (Wildman–Crippen LogP) is 6.18. The molecule has 1 fully saturated rings. The second kappa shape index (κ2) is 8.48. The summed E-state index contributed by atoms with van der Waals surface area (Å²) in [7, 11) is 0. The van der Waals surface area contributed by atoms with Crippen molar-refractivity contribution in [3.8, 4) is 0 Å². The lowest BCUT2D eigenvalue weighted by Gasteiger charge is -2.25. The monoisotopic (exact) mass is 490 g/mol. The van der Waals surface area contributed by atoms with E-state index in [1.54, 1.807) is 0 Å². The van der Waals surface area contributed by atoms with Crippen LogP contribution in [0, 0.1) is 6.92 Å². The molecule has 1 atom stereocenters. The van der Waals surface area contributed by atoms with Gasteiger partial charge in [-0.3, -0.25) is 4.90 Å². The number of H-pyrrole nitrogens is 1. The molecule has 0 saturated carbocycles. The lowest BCUT2D eigenvalue weighted by Crippen LogP contribution is -2.31. The van der Waals surface area contributed by atoms with Crippen LogP contribution in [-0.4, -0.2) is 29.1 Å². The Morgan fingerprint density at radius 3 is 2.74 bits per heavy atom. The zero-order valence-corrected chi connectivity index (χ0v) is 18.6. The van der Waals surface area contributed by atoms with E-state index in [1.165, 1.54) is 43.1 Å². The first-order chi connectivity index (χ1) is 13.1. The van der Waals surface area contributed by atoms with Gasteiger partial charge in [-0.25, -0.2) is 0 Å². The van der Waals surface area contributed by atoms with Crippen LogP contribution in [0.3, 0.4) is 0 Å². The van der Waals surface area contributed by atoms with Gasteiger partial charge in [-0.05, 0) is 59.0 Å². The molecule has 3 nitrogen and oxygen atoms in total. The fourth-order valence-electron chi connectivity index (χ4n) is 3.78. The van der Waals surface area contributed by atoms with Crippen LogP contribution in [0.4, 0.5) is 0 Å². The van der Waals surface area contributed by atoms with Gasteiger partial charge in [0.25, 0.3) is 0 Å². The van der Waals surface area contributed by atoms with Crippen LogP contribution in [0.1, 0.15) is 29.7 Å². The van der Waals surface area contributed by atoms with Crippen molar-refractivity contribution in [3.05, 3.63) is 68.2 Å². The molecule has 5 heteroatoms. The molecule has 1 saturated heterocycles. The number of aromatic amines is 1. The van der Waals surface area contributed by atoms with Crippen molar-refractivity contribution in [2.45, 2.75) is 39.0 Å². The number of halogens is 2. The van der Waals surface area contributed by atoms with E-state index in [0.717, 1.165) is 32.7 Å². The minimum Gasteiger partial charge on any atom is -0.377 e. The lowest BCUT2D eigenvalue weighted by atomic mass is 10.1. The Kier molecular flexibility index (Phi) is 6.02. The van der Waals surface area contributed by atoms with E-state index in [9.17, 15) is 0 Å². The third kappa shape index (κ3) is 4.48. The number of fused-ring (bicyclic) bond motifs is 1. The van der Waals surface area contributed by atoms with Gasteiger partial charge in [0.1, 0.15) is 0 Å². The van der Waals surface area contributed by atoms with Crippen molar-refractivity contribution in [3.63, 3.8) is 0 Å². The summed E-state index contributed by atoms with van der Waals surface area (Å²) in [6.45, 7) is 5.71. The van der Waals surface area contributed by atoms with Crippen molar-refractivity contribution in [2.75, 3.05) is 13.2 Å². The van der Waals surface area contributed by atoms with Crippen molar-refractivity contribution < 1.29 is 4.74 Å². The highest BCUT2D eigenvalue weighted by molar-refractivity contribution is 9.11. The number of para-hydroxylation sites is 1. The molecule has 0 aliphatic carbocycles. The number of nitrogens with one attached hydrogen (secondary N) is 1. The molecule has 1 aromatic heterocycles. The molecule has 27 heavy (non-hydrogen) atoms. The normalized spacial score (nSPS) is 17.3. The third-order valence-corrected chi connectivity index (χ3v) is 6.83. The number of rotatable bonds is 6. The summed E-state index contributed by atoms with van der Waals surface area (Å²) >= 11 is 7.55. The van der Waals surface area contributed by atoms with Crippen LogP contribution in [0.15, 0.2) is 51.4 Å². The number of benzene rings is 2. The van der Waals surface area contributed by atoms with Crippen LogP contribution in [0.2, 0.25) is 0 Å². The number of nitrogens with zero attached hydrogens (tertiary/aromatic N) is 1. The molecule has 0 bridgehead atoms. The van der Waals surface area contributed by atoms with Crippen molar-refractivity contribution in [1.82, 2.24) is 9.88 Å². The quantitative estimate of drug-likeness (QED) is 0.445. The molecule has 1 N–H and O–H groups in total. The molecule has 0 radical (unpaired) electrons. The third-order valence-electron chi connectivity index (χ3n) is 5.18. The van der Waals surface area contributed by atoms with Crippen LogP contribution in [0.25, 0.3) is 10.9 Å². The van der Waals surface area contributed by atoms with Gasteiger partial charge in [-0.15, -0.1) is 0 Å². The summed E-state index contributed by atoms with van der Waals surface area (Å²) in [6, 6.07) is 15.0. The molecule has 1 aliphatic heterocycles. The van der Waals surface area contributed by atoms with Gasteiger partial charge in [0.15, 0.2) is 0 Å². The van der Waals surface area contributed by atoms with Crippen molar-refractivity contribution >= 4 is 42.8 Å². The summed E-state index contributed by atoms with van der Waals surface area (Å²) in [5, 5.41) is 1.24. The van der Waals surface area contributed by atoms with Crippen molar-refractivity contribution in [1.29, 1.82) is 0 Å². The molecule has 2 heterocycles. The SMILES string of the molecule is Cc1ccc(CN(Cc2[nH]c3ccccc3c2Br)CC2CCCO2)c(Br)c1. The van der Waals surface area contributed by atoms with Gasteiger partial charge in [-0.2, -0.15) is 0 Å². The molecule has 4 rings (SSSR count). The van der Waals surface area contributed by atoms with Gasteiger partial charge in [0.2, 0.25) is 0 Å². The Hall–Kier alpha value is -1.14. The number of aryl methyl sites for hydroxylation is 1. The first kappa shape index (κ1) is 19.2. The first-order valence-electron chi connectivity index (χ1n) is 9.44. The Labute approximate surface area is 177 Å². The highest BCUT2D eigenvalue weighted by Gasteiger charge is 2.21. The zero-order valence-electron chi connectivity index (χ0n) is 15.5.